The van der Waals surface area contributed by atoms with Crippen LogP contribution in [0.3, 0.4) is 0 Å². The lowest BCUT2D eigenvalue weighted by Gasteiger charge is -2.75. The van der Waals surface area contributed by atoms with E-state index in [9.17, 15) is 27.6 Å². The summed E-state index contributed by atoms with van der Waals surface area (Å²) >= 11 is 0. The van der Waals surface area contributed by atoms with Gasteiger partial charge in [-0.25, -0.2) is 4.79 Å². The smallest absolute Gasteiger partial charge is 0.446 e. The third kappa shape index (κ3) is 8.84. The molecule has 0 unspecified atom stereocenters. The minimum absolute atomic E-state index is 0.0512. The summed E-state index contributed by atoms with van der Waals surface area (Å²) in [4.78, 5) is 42.1. The Morgan fingerprint density at radius 1 is 0.569 bits per heavy atom. The molecule has 58 heavy (non-hydrogen) atoms. The number of hydrogen-bond donors (Lipinski definition) is 4. The van der Waals surface area contributed by atoms with E-state index >= 15 is 0 Å². The molecule has 0 aromatic rings. The van der Waals surface area contributed by atoms with E-state index in [-0.39, 0.29) is 34.0 Å². The molecule has 12 saturated carbocycles. The number of ether oxygens (including phenoxy) is 1. The van der Waals surface area contributed by atoms with Gasteiger partial charge < -0.3 is 26.2 Å². The predicted molar refractivity (Wildman–Crippen MR) is 221 cm³/mol. The zero-order chi connectivity index (χ0) is 45.0. The predicted octanol–water partition coefficient (Wildman–Crippen LogP) is 10.5. The van der Waals surface area contributed by atoms with Crippen molar-refractivity contribution in [2.45, 2.75) is 216 Å². The number of carbonyl (C=O) groups is 4. The second-order valence-corrected chi connectivity index (χ2v) is 25.7. The van der Waals surface area contributed by atoms with Crippen LogP contribution >= 0.6 is 0 Å². The maximum Gasteiger partial charge on any atom is 0.446 e. The summed E-state index contributed by atoms with van der Waals surface area (Å²) in [6, 6.07) is 0. The Hall–Kier alpha value is -2.37. The first-order chi connectivity index (χ1) is 25.5. The fraction of sp³-hybridized carbons (Fsp3) is 0.913. The minimum atomic E-state index is -4.64. The second kappa shape index (κ2) is 13.8. The second-order valence-electron chi connectivity index (χ2n) is 25.7. The molecule has 5 N–H and O–H groups in total. The quantitative estimate of drug-likeness (QED) is 0.207. The van der Waals surface area contributed by atoms with E-state index in [0.717, 1.165) is 38.5 Å². The number of rotatable bonds is 3. The molecular weight excluding hydrogens is 748 g/mol. The van der Waals surface area contributed by atoms with Gasteiger partial charge in [0, 0.05) is 23.5 Å². The van der Waals surface area contributed by atoms with Crippen molar-refractivity contribution < 1.29 is 42.2 Å². The van der Waals surface area contributed by atoms with Crippen LogP contribution in [0.4, 0.5) is 18.0 Å². The molecule has 334 valence electrons. The molecule has 12 aliphatic rings. The highest BCUT2D eigenvalue weighted by atomic mass is 19.4. The van der Waals surface area contributed by atoms with Crippen LogP contribution in [0.5, 0.6) is 0 Å². The first kappa shape index (κ1) is 48.3. The summed E-state index contributed by atoms with van der Waals surface area (Å²) in [5, 5.41) is 15.0. The molecule has 0 radical (unpaired) electrons. The Balaban J connectivity index is 0.000000166. The molecule has 0 aliphatic heterocycles. The molecule has 0 atom stereocenters. The van der Waals surface area contributed by atoms with Gasteiger partial charge in [0.1, 0.15) is 5.60 Å². The van der Waals surface area contributed by atoms with Gasteiger partial charge in [-0.3, -0.25) is 14.4 Å². The highest BCUT2D eigenvalue weighted by Crippen LogP contribution is 2.79. The van der Waals surface area contributed by atoms with Gasteiger partial charge >= 0.3 is 18.2 Å². The normalized spacial score (nSPS) is 39.1. The van der Waals surface area contributed by atoms with Crippen molar-refractivity contribution in [3.05, 3.63) is 0 Å². The third-order valence-electron chi connectivity index (χ3n) is 16.3. The fourth-order valence-electron chi connectivity index (χ4n) is 11.8. The lowest BCUT2D eigenvalue weighted by Crippen LogP contribution is -2.78. The Morgan fingerprint density at radius 3 is 1.05 bits per heavy atom. The lowest BCUT2D eigenvalue weighted by molar-refractivity contribution is -0.259. The van der Waals surface area contributed by atoms with Gasteiger partial charge in [0.25, 0.3) is 0 Å². The molecule has 0 saturated heterocycles. The number of halogens is 3. The number of carboxylic acid groups (broad SMARTS) is 1. The van der Waals surface area contributed by atoms with E-state index in [1.807, 2.05) is 20.8 Å². The van der Waals surface area contributed by atoms with Crippen molar-refractivity contribution in [2.75, 3.05) is 0 Å². The molecule has 9 nitrogen and oxygen atoms in total. The standard InChI is InChI=1S/C14H25NO2.C11H19NO.C10H16O2.C9H17N.C2HF3O/c1-11(2,3)13-7-14(8-13,9-13)15-10(16)17-12(4,5)6;1-8(13)12-11-5-10(6-11,7-11)9(2,3)4;1-8(2,3)10-4-9(5-10,6-10)7(11)12;1-7(2,3)8-4-9(10,5-8)6-8;3-2(4,5)1-6/h7-9H2,1-6H3,(H,15,16);5-7H2,1-4H3,(H,12,13);4-6H2,1-3H3,(H,11,12);4-6,10H2,1-3H3;1H. The topological polar surface area (TPSA) is 148 Å². The minimum Gasteiger partial charge on any atom is -0.481 e. The highest BCUT2D eigenvalue weighted by Gasteiger charge is 2.75. The van der Waals surface area contributed by atoms with E-state index < -0.39 is 24.0 Å². The van der Waals surface area contributed by atoms with Crippen LogP contribution in [0.25, 0.3) is 0 Å². The van der Waals surface area contributed by atoms with Gasteiger partial charge in [-0.15, -0.1) is 0 Å². The number of hydrogen-bond acceptors (Lipinski definition) is 6. The number of nitrogens with one attached hydrogen (secondary N) is 2. The van der Waals surface area contributed by atoms with Gasteiger partial charge in [0.05, 0.1) is 5.41 Å². The van der Waals surface area contributed by atoms with Crippen LogP contribution in [0.1, 0.15) is 188 Å². The van der Waals surface area contributed by atoms with Gasteiger partial charge in [-0.05, 0) is 141 Å². The number of amides is 2. The van der Waals surface area contributed by atoms with Crippen LogP contribution < -0.4 is 16.4 Å². The van der Waals surface area contributed by atoms with E-state index in [1.165, 1.54) is 38.5 Å². The van der Waals surface area contributed by atoms with Gasteiger partial charge in [-0.2, -0.15) is 13.2 Å². The highest BCUT2D eigenvalue weighted by molar-refractivity contribution is 5.79. The number of aldehydes is 1. The first-order valence-electron chi connectivity index (χ1n) is 21.4. The van der Waals surface area contributed by atoms with Crippen LogP contribution in [-0.4, -0.2) is 57.8 Å². The van der Waals surface area contributed by atoms with Crippen molar-refractivity contribution >= 4 is 24.3 Å². The van der Waals surface area contributed by atoms with Crippen LogP contribution in [0.15, 0.2) is 0 Å². The molecule has 12 aliphatic carbocycles. The number of alkyl halides is 3. The Morgan fingerprint density at radius 2 is 0.845 bits per heavy atom. The fourth-order valence-corrected chi connectivity index (χ4v) is 11.8. The molecule has 0 spiro atoms. The van der Waals surface area contributed by atoms with Crippen LogP contribution in [0, 0.1) is 48.7 Å². The summed E-state index contributed by atoms with van der Waals surface area (Å²) in [7, 11) is 0. The number of alkyl carbamates (subject to hydrolysis) is 1. The Kier molecular flexibility index (Phi) is 11.5. The molecule has 12 heteroatoms. The largest absolute Gasteiger partial charge is 0.481 e. The SMILES string of the molecule is CC(=O)NC12CC(C(C)(C)C)(C1)C2.CC(C)(C)C12CC(C(=O)O)(C1)C2.CC(C)(C)C12CC(N)(C1)C2.CC(C)(C)OC(=O)NC12CC(C(C)(C)C)(C1)C2.O=CC(F)(F)F. The van der Waals surface area contributed by atoms with Crippen molar-refractivity contribution in [3.63, 3.8) is 0 Å². The van der Waals surface area contributed by atoms with E-state index in [4.69, 9.17) is 20.4 Å². The van der Waals surface area contributed by atoms with Crippen molar-refractivity contribution in [3.8, 4) is 0 Å². The molecule has 12 fully saturated rings. The molecule has 0 aromatic carbocycles. The molecule has 0 heterocycles. The van der Waals surface area contributed by atoms with E-state index in [1.54, 1.807) is 6.92 Å². The summed E-state index contributed by atoms with van der Waals surface area (Å²) in [6.07, 6.45) is 7.56. The van der Waals surface area contributed by atoms with Gasteiger partial charge in [0.15, 0.2) is 0 Å². The summed E-state index contributed by atoms with van der Waals surface area (Å²) in [5.41, 5.74) is 9.36. The summed E-state index contributed by atoms with van der Waals surface area (Å²) in [5.74, 6) is -0.448. The van der Waals surface area contributed by atoms with Gasteiger partial charge in [-0.1, -0.05) is 83.1 Å². The Bertz CT molecular complexity index is 1550. The molecule has 8 bridgehead atoms. The van der Waals surface area contributed by atoms with E-state index in [2.05, 4.69) is 93.7 Å². The molecular formula is C46H78F3N3O6. The molecule has 2 amide bonds. The third-order valence-corrected chi connectivity index (χ3v) is 16.3. The maximum atomic E-state index is 11.7. The van der Waals surface area contributed by atoms with Crippen molar-refractivity contribution in [1.29, 1.82) is 0 Å². The zero-order valence-electron chi connectivity index (χ0n) is 38.8. The number of nitrogens with two attached hydrogens (primary N) is 1. The number of carbonyl (C=O) groups excluding carboxylic acids is 3. The van der Waals surface area contributed by atoms with Crippen molar-refractivity contribution in [2.24, 2.45) is 54.5 Å². The molecule has 0 aromatic heterocycles. The van der Waals surface area contributed by atoms with Gasteiger partial charge in [0.2, 0.25) is 12.2 Å². The Labute approximate surface area is 347 Å². The summed E-state index contributed by atoms with van der Waals surface area (Å²) in [6.45, 7) is 34.8. The average Bonchev–Trinajstić information content (AvgIpc) is 2.79. The van der Waals surface area contributed by atoms with Crippen LogP contribution in [0.2, 0.25) is 0 Å². The average molecular weight is 826 g/mol. The maximum absolute atomic E-state index is 11.7. The molecule has 12 rings (SSSR count). The number of aliphatic carboxylic acids is 1. The zero-order valence-corrected chi connectivity index (χ0v) is 38.8. The van der Waals surface area contributed by atoms with Crippen molar-refractivity contribution in [1.82, 2.24) is 10.6 Å². The monoisotopic (exact) mass is 826 g/mol. The summed E-state index contributed by atoms with van der Waals surface area (Å²) < 4.78 is 36.6. The number of carboxylic acids is 1. The van der Waals surface area contributed by atoms with Crippen LogP contribution in [-0.2, 0) is 19.1 Å². The lowest BCUT2D eigenvalue weighted by atomic mass is 9.29. The first-order valence-corrected chi connectivity index (χ1v) is 21.4. The van der Waals surface area contributed by atoms with E-state index in [0.29, 0.717) is 43.3 Å².